The number of hydrogen-bond acceptors (Lipinski definition) is 1. The molecule has 0 spiro atoms. The molecule has 9 aromatic carbocycles. The van der Waals surface area contributed by atoms with Crippen molar-refractivity contribution in [3.63, 3.8) is 0 Å². The standard InChI is InChI=1S/C69H64N4/c1-67(2,3)55-38-39-62-59(42-55)60-43-56(68(4,5)6)44-61(69(7,8)9)64(60)73(62)63-57(51-34-30-49(31-35-51)47-24-16-11-17-25-47)40-54(41-58(63)52-36-32-50(33-37-52)48-26-18-12-19-27-48)65(70)72-66(53-28-20-13-21-29-53)71-45-46-22-14-10-15-23-46/h10-45,70H,1-9H3. The molecular formula is C69H64N4. The SMILES string of the molecule is CC(C)(C)c1ccc2c(c1)c1cc(C(C)(C)C)cc(C(C)(C)C)c1n2-c1c(-c2ccc(-c3ccccc3)cc2)cc(C(=N)N=C(N=Cc2ccccc2)c2ccccc2)cc1-c1ccc(-c2ccccc2)cc1. The Hall–Kier alpha value is -8.21. The Morgan fingerprint density at radius 1 is 0.425 bits per heavy atom. The minimum Gasteiger partial charge on any atom is -0.308 e. The summed E-state index contributed by atoms with van der Waals surface area (Å²) >= 11 is 0. The zero-order valence-corrected chi connectivity index (χ0v) is 43.6. The second kappa shape index (κ2) is 19.4. The first kappa shape index (κ1) is 48.4. The molecule has 1 N–H and O–H groups in total. The summed E-state index contributed by atoms with van der Waals surface area (Å²) in [5.74, 6) is 0.574. The molecule has 1 heterocycles. The Morgan fingerprint density at radius 2 is 0.877 bits per heavy atom. The Balaban J connectivity index is 1.33. The summed E-state index contributed by atoms with van der Waals surface area (Å²) < 4.78 is 2.56. The van der Waals surface area contributed by atoms with E-state index < -0.39 is 0 Å². The number of fused-ring (bicyclic) bond motifs is 3. The molecule has 4 heteroatoms. The highest BCUT2D eigenvalue weighted by Crippen LogP contribution is 2.47. The molecule has 0 bridgehead atoms. The molecule has 1 aromatic heterocycles. The Kier molecular flexibility index (Phi) is 12.9. The average Bonchev–Trinajstić information content (AvgIpc) is 3.73. The van der Waals surface area contributed by atoms with E-state index in [0.29, 0.717) is 11.4 Å². The van der Waals surface area contributed by atoms with Crippen LogP contribution in [0.15, 0.2) is 222 Å². The summed E-state index contributed by atoms with van der Waals surface area (Å²) in [7, 11) is 0. The van der Waals surface area contributed by atoms with E-state index in [0.717, 1.165) is 66.8 Å². The van der Waals surface area contributed by atoms with Crippen molar-refractivity contribution in [1.29, 1.82) is 5.41 Å². The summed E-state index contributed by atoms with van der Waals surface area (Å²) in [5, 5.41) is 12.5. The molecule has 0 saturated heterocycles. The first-order valence-electron chi connectivity index (χ1n) is 25.5. The van der Waals surface area contributed by atoms with Crippen molar-refractivity contribution >= 4 is 39.7 Å². The normalized spacial score (nSPS) is 12.5. The van der Waals surface area contributed by atoms with Gasteiger partial charge in [0.1, 0.15) is 0 Å². The third-order valence-electron chi connectivity index (χ3n) is 14.0. The lowest BCUT2D eigenvalue weighted by Gasteiger charge is -2.28. The average molecular weight is 949 g/mol. The first-order valence-corrected chi connectivity index (χ1v) is 25.5. The van der Waals surface area contributed by atoms with Crippen LogP contribution >= 0.6 is 0 Å². The van der Waals surface area contributed by atoms with Crippen molar-refractivity contribution in [2.75, 3.05) is 0 Å². The van der Waals surface area contributed by atoms with Crippen molar-refractivity contribution in [2.45, 2.75) is 78.6 Å². The van der Waals surface area contributed by atoms with Crippen LogP contribution < -0.4 is 0 Å². The number of rotatable bonds is 8. The minimum atomic E-state index is -0.224. The molecule has 0 aliphatic heterocycles. The number of aromatic nitrogens is 1. The van der Waals surface area contributed by atoms with Gasteiger partial charge in [-0.25, -0.2) is 9.98 Å². The molecule has 4 nitrogen and oxygen atoms in total. The van der Waals surface area contributed by atoms with Crippen molar-refractivity contribution < 1.29 is 0 Å². The summed E-state index contributed by atoms with van der Waals surface area (Å²) in [6.45, 7) is 20.9. The van der Waals surface area contributed by atoms with Gasteiger partial charge in [-0.3, -0.25) is 5.41 Å². The fourth-order valence-corrected chi connectivity index (χ4v) is 9.85. The molecule has 10 rings (SSSR count). The molecule has 360 valence electrons. The Bertz CT molecular complexity index is 3570. The fourth-order valence-electron chi connectivity index (χ4n) is 9.85. The number of benzene rings is 9. The van der Waals surface area contributed by atoms with E-state index in [1.807, 2.05) is 66.9 Å². The zero-order valence-electron chi connectivity index (χ0n) is 43.6. The van der Waals surface area contributed by atoms with Crippen LogP contribution in [0.25, 0.3) is 72.0 Å². The molecule has 0 amide bonds. The van der Waals surface area contributed by atoms with Crippen LogP contribution in [0.4, 0.5) is 0 Å². The van der Waals surface area contributed by atoms with E-state index in [1.54, 1.807) is 0 Å². The molecule has 0 aliphatic carbocycles. The van der Waals surface area contributed by atoms with E-state index in [2.05, 4.69) is 219 Å². The van der Waals surface area contributed by atoms with Gasteiger partial charge in [-0.05, 0) is 102 Å². The lowest BCUT2D eigenvalue weighted by molar-refractivity contribution is 0.572. The molecule has 0 saturated carbocycles. The van der Waals surface area contributed by atoms with Crippen molar-refractivity contribution in [1.82, 2.24) is 4.57 Å². The van der Waals surface area contributed by atoms with Crippen LogP contribution in [-0.2, 0) is 16.2 Å². The topological polar surface area (TPSA) is 53.5 Å². The highest BCUT2D eigenvalue weighted by atomic mass is 15.0. The predicted octanol–water partition coefficient (Wildman–Crippen LogP) is 18.2. The second-order valence-electron chi connectivity index (χ2n) is 22.4. The van der Waals surface area contributed by atoms with Gasteiger partial charge in [-0.2, -0.15) is 0 Å². The molecule has 0 fully saturated rings. The predicted molar refractivity (Wildman–Crippen MR) is 312 cm³/mol. The van der Waals surface area contributed by atoms with Gasteiger partial charge in [0.05, 0.1) is 16.7 Å². The van der Waals surface area contributed by atoms with Crippen molar-refractivity contribution in [3.05, 3.63) is 246 Å². The highest BCUT2D eigenvalue weighted by Gasteiger charge is 2.30. The van der Waals surface area contributed by atoms with Crippen LogP contribution in [-0.4, -0.2) is 22.5 Å². The van der Waals surface area contributed by atoms with Gasteiger partial charge in [-0.15, -0.1) is 0 Å². The van der Waals surface area contributed by atoms with E-state index >= 15 is 0 Å². The number of nitrogens with one attached hydrogen (secondary N) is 1. The van der Waals surface area contributed by atoms with E-state index in [-0.39, 0.29) is 22.1 Å². The van der Waals surface area contributed by atoms with Crippen LogP contribution in [0.5, 0.6) is 0 Å². The third-order valence-corrected chi connectivity index (χ3v) is 14.0. The van der Waals surface area contributed by atoms with Gasteiger partial charge in [0.25, 0.3) is 0 Å². The van der Waals surface area contributed by atoms with Gasteiger partial charge in [-0.1, -0.05) is 244 Å². The molecule has 0 aliphatic rings. The Labute approximate surface area is 432 Å². The van der Waals surface area contributed by atoms with Gasteiger partial charge in [0.15, 0.2) is 11.7 Å². The van der Waals surface area contributed by atoms with Crippen molar-refractivity contribution in [3.8, 4) is 50.2 Å². The van der Waals surface area contributed by atoms with Gasteiger partial charge in [0.2, 0.25) is 0 Å². The number of hydrogen-bond donors (Lipinski definition) is 1. The zero-order chi connectivity index (χ0) is 51.1. The molecule has 73 heavy (non-hydrogen) atoms. The number of amidine groups is 2. The molecule has 0 unspecified atom stereocenters. The molecule has 10 aromatic rings. The van der Waals surface area contributed by atoms with E-state index in [9.17, 15) is 5.41 Å². The maximum Gasteiger partial charge on any atom is 0.161 e. The number of nitrogens with zero attached hydrogens (tertiary/aromatic N) is 3. The van der Waals surface area contributed by atoms with Crippen molar-refractivity contribution in [2.24, 2.45) is 9.98 Å². The van der Waals surface area contributed by atoms with Crippen LogP contribution in [0.2, 0.25) is 0 Å². The van der Waals surface area contributed by atoms with Gasteiger partial charge >= 0.3 is 0 Å². The quantitative estimate of drug-likeness (QED) is 0.117. The highest BCUT2D eigenvalue weighted by molar-refractivity contribution is 6.16. The van der Waals surface area contributed by atoms with Crippen LogP contribution in [0.1, 0.15) is 95.7 Å². The minimum absolute atomic E-state index is 0.0688. The van der Waals surface area contributed by atoms with Gasteiger partial charge < -0.3 is 4.57 Å². The molecule has 0 atom stereocenters. The maximum atomic E-state index is 10.0. The maximum absolute atomic E-state index is 10.0. The molecular weight excluding hydrogens is 885 g/mol. The first-order chi connectivity index (χ1) is 35.0. The largest absolute Gasteiger partial charge is 0.308 e. The van der Waals surface area contributed by atoms with Crippen LogP contribution in [0.3, 0.4) is 0 Å². The molecule has 0 radical (unpaired) electrons. The number of aliphatic imine (C=N–C) groups is 2. The Morgan fingerprint density at radius 3 is 1.37 bits per heavy atom. The summed E-state index contributed by atoms with van der Waals surface area (Å²) in [5.41, 5.74) is 18.0. The monoisotopic (exact) mass is 949 g/mol. The smallest absolute Gasteiger partial charge is 0.161 e. The third kappa shape index (κ3) is 10.0. The summed E-state index contributed by atoms with van der Waals surface area (Å²) in [6, 6.07) is 75.4. The summed E-state index contributed by atoms with van der Waals surface area (Å²) in [4.78, 5) is 10.1. The summed E-state index contributed by atoms with van der Waals surface area (Å²) in [6.07, 6.45) is 1.83. The lowest BCUT2D eigenvalue weighted by atomic mass is 9.79. The fraction of sp³-hybridized carbons (Fsp3) is 0.174. The lowest BCUT2D eigenvalue weighted by Crippen LogP contribution is -2.18. The van der Waals surface area contributed by atoms with Crippen LogP contribution in [0, 0.1) is 5.41 Å². The van der Waals surface area contributed by atoms with E-state index in [4.69, 9.17) is 9.98 Å². The van der Waals surface area contributed by atoms with E-state index in [1.165, 1.54) is 33.0 Å². The van der Waals surface area contributed by atoms with Gasteiger partial charge in [0, 0.05) is 39.2 Å². The second-order valence-corrected chi connectivity index (χ2v) is 22.4.